The standard InChI is InChI=1S/C14H30N2S/c1-4-14(12-17-3)16(2)11-7-9-13-8-5-6-10-15-13/h13-15H,4-12H2,1-3H3. The minimum atomic E-state index is 0.768. The molecule has 1 fully saturated rings. The molecular formula is C14H30N2S. The highest BCUT2D eigenvalue weighted by Crippen LogP contribution is 2.13. The van der Waals surface area contributed by atoms with E-state index in [9.17, 15) is 0 Å². The van der Waals surface area contributed by atoms with Gasteiger partial charge in [-0.3, -0.25) is 0 Å². The molecule has 0 radical (unpaired) electrons. The van der Waals surface area contributed by atoms with Crippen LogP contribution < -0.4 is 5.32 Å². The van der Waals surface area contributed by atoms with Crippen LogP contribution in [0.25, 0.3) is 0 Å². The highest BCUT2D eigenvalue weighted by molar-refractivity contribution is 7.98. The highest BCUT2D eigenvalue weighted by Gasteiger charge is 2.14. The third-order valence-electron chi connectivity index (χ3n) is 3.93. The number of nitrogens with zero attached hydrogens (tertiary/aromatic N) is 1. The summed E-state index contributed by atoms with van der Waals surface area (Å²) in [6, 6.07) is 1.57. The molecule has 3 heteroatoms. The van der Waals surface area contributed by atoms with E-state index in [4.69, 9.17) is 0 Å². The zero-order valence-corrected chi connectivity index (χ0v) is 12.7. The molecule has 0 spiro atoms. The number of nitrogens with one attached hydrogen (secondary N) is 1. The molecule has 0 amide bonds. The highest BCUT2D eigenvalue weighted by atomic mass is 32.2. The van der Waals surface area contributed by atoms with E-state index >= 15 is 0 Å². The van der Waals surface area contributed by atoms with Gasteiger partial charge in [0.1, 0.15) is 0 Å². The van der Waals surface area contributed by atoms with Crippen molar-refractivity contribution in [3.8, 4) is 0 Å². The van der Waals surface area contributed by atoms with Crippen LogP contribution in [0, 0.1) is 0 Å². The molecule has 0 aromatic carbocycles. The van der Waals surface area contributed by atoms with Gasteiger partial charge in [-0.1, -0.05) is 13.3 Å². The zero-order valence-electron chi connectivity index (χ0n) is 11.9. The van der Waals surface area contributed by atoms with Crippen molar-refractivity contribution in [2.45, 2.75) is 57.5 Å². The van der Waals surface area contributed by atoms with Crippen molar-refractivity contribution >= 4 is 11.8 Å². The first kappa shape index (κ1) is 15.3. The van der Waals surface area contributed by atoms with Gasteiger partial charge >= 0.3 is 0 Å². The van der Waals surface area contributed by atoms with Crippen molar-refractivity contribution in [3.05, 3.63) is 0 Å². The van der Waals surface area contributed by atoms with Crippen molar-refractivity contribution in [3.63, 3.8) is 0 Å². The lowest BCUT2D eigenvalue weighted by Crippen LogP contribution is -2.37. The van der Waals surface area contributed by atoms with Crippen LogP contribution in [-0.2, 0) is 0 Å². The van der Waals surface area contributed by atoms with Gasteiger partial charge in [-0.15, -0.1) is 0 Å². The summed E-state index contributed by atoms with van der Waals surface area (Å²) in [7, 11) is 2.29. The molecule has 1 aliphatic rings. The van der Waals surface area contributed by atoms with E-state index in [1.807, 2.05) is 11.8 Å². The van der Waals surface area contributed by atoms with E-state index in [0.29, 0.717) is 0 Å². The lowest BCUT2D eigenvalue weighted by molar-refractivity contribution is 0.243. The SMILES string of the molecule is CCC(CSC)N(C)CCCC1CCCCN1. The maximum absolute atomic E-state index is 3.64. The fourth-order valence-corrected chi connectivity index (χ4v) is 3.56. The van der Waals surface area contributed by atoms with Gasteiger partial charge in [0, 0.05) is 17.8 Å². The van der Waals surface area contributed by atoms with Gasteiger partial charge < -0.3 is 10.2 Å². The van der Waals surface area contributed by atoms with Gasteiger partial charge in [0.15, 0.2) is 0 Å². The molecule has 0 bridgehead atoms. The minimum absolute atomic E-state index is 0.768. The Hall–Kier alpha value is 0.270. The fraction of sp³-hybridized carbons (Fsp3) is 1.00. The van der Waals surface area contributed by atoms with Gasteiger partial charge in [0.05, 0.1) is 0 Å². The second kappa shape index (κ2) is 9.23. The fourth-order valence-electron chi connectivity index (χ4n) is 2.69. The maximum atomic E-state index is 3.64. The van der Waals surface area contributed by atoms with Gasteiger partial charge in [0.25, 0.3) is 0 Å². The molecule has 1 saturated heterocycles. The molecule has 1 N–H and O–H groups in total. The molecular weight excluding hydrogens is 228 g/mol. The Morgan fingerprint density at radius 2 is 2.24 bits per heavy atom. The normalized spacial score (nSPS) is 22.9. The van der Waals surface area contributed by atoms with E-state index in [2.05, 4.69) is 30.4 Å². The van der Waals surface area contributed by atoms with Crippen molar-refractivity contribution < 1.29 is 0 Å². The average molecular weight is 258 g/mol. The molecule has 2 atom stereocenters. The molecule has 2 nitrogen and oxygen atoms in total. The number of rotatable bonds is 8. The van der Waals surface area contributed by atoms with Crippen LogP contribution in [0.4, 0.5) is 0 Å². The second-order valence-corrected chi connectivity index (χ2v) is 6.20. The van der Waals surface area contributed by atoms with Crippen LogP contribution in [-0.4, -0.2) is 49.1 Å². The first-order chi connectivity index (χ1) is 8.27. The number of hydrogen-bond donors (Lipinski definition) is 1. The van der Waals surface area contributed by atoms with Gasteiger partial charge in [-0.05, 0) is 58.5 Å². The Labute approximate surface area is 112 Å². The second-order valence-electron chi connectivity index (χ2n) is 5.29. The Balaban J connectivity index is 2.11. The summed E-state index contributed by atoms with van der Waals surface area (Å²) in [6.07, 6.45) is 10.4. The van der Waals surface area contributed by atoms with Crippen LogP contribution in [0.3, 0.4) is 0 Å². The Morgan fingerprint density at radius 3 is 2.82 bits per heavy atom. The van der Waals surface area contributed by atoms with E-state index in [1.165, 1.54) is 57.4 Å². The topological polar surface area (TPSA) is 15.3 Å². The molecule has 0 saturated carbocycles. The lowest BCUT2D eigenvalue weighted by Gasteiger charge is -2.28. The third-order valence-corrected chi connectivity index (χ3v) is 4.65. The van der Waals surface area contributed by atoms with Crippen molar-refractivity contribution in [2.75, 3.05) is 32.1 Å². The summed E-state index contributed by atoms with van der Waals surface area (Å²) in [6.45, 7) is 4.81. The van der Waals surface area contributed by atoms with E-state index in [-0.39, 0.29) is 0 Å². The summed E-state index contributed by atoms with van der Waals surface area (Å²) < 4.78 is 0. The van der Waals surface area contributed by atoms with Crippen molar-refractivity contribution in [2.24, 2.45) is 0 Å². The van der Waals surface area contributed by atoms with Crippen molar-refractivity contribution in [1.29, 1.82) is 0 Å². The summed E-state index contributed by atoms with van der Waals surface area (Å²) in [5, 5.41) is 3.64. The van der Waals surface area contributed by atoms with Crippen molar-refractivity contribution in [1.82, 2.24) is 10.2 Å². The monoisotopic (exact) mass is 258 g/mol. The predicted molar refractivity (Wildman–Crippen MR) is 80.0 cm³/mol. The first-order valence-electron chi connectivity index (χ1n) is 7.20. The summed E-state index contributed by atoms with van der Waals surface area (Å²) in [5.41, 5.74) is 0. The Morgan fingerprint density at radius 1 is 1.41 bits per heavy atom. The van der Waals surface area contributed by atoms with Gasteiger partial charge in [-0.25, -0.2) is 0 Å². The Bertz CT molecular complexity index is 181. The molecule has 17 heavy (non-hydrogen) atoms. The Kier molecular flexibility index (Phi) is 8.33. The van der Waals surface area contributed by atoms with E-state index in [0.717, 1.165) is 12.1 Å². The van der Waals surface area contributed by atoms with Crippen LogP contribution in [0.1, 0.15) is 45.4 Å². The third kappa shape index (κ3) is 6.12. The summed E-state index contributed by atoms with van der Waals surface area (Å²) >= 11 is 1.97. The van der Waals surface area contributed by atoms with E-state index < -0.39 is 0 Å². The molecule has 1 heterocycles. The smallest absolute Gasteiger partial charge is 0.0180 e. The molecule has 1 aliphatic heterocycles. The minimum Gasteiger partial charge on any atom is -0.314 e. The molecule has 0 aliphatic carbocycles. The maximum Gasteiger partial charge on any atom is 0.0180 e. The largest absolute Gasteiger partial charge is 0.314 e. The van der Waals surface area contributed by atoms with Gasteiger partial charge in [0.2, 0.25) is 0 Å². The quantitative estimate of drug-likeness (QED) is 0.720. The molecule has 2 unspecified atom stereocenters. The van der Waals surface area contributed by atoms with Crippen LogP contribution in [0.15, 0.2) is 0 Å². The molecule has 102 valence electrons. The summed E-state index contributed by atoms with van der Waals surface area (Å²) in [4.78, 5) is 2.55. The average Bonchev–Trinajstić information content (AvgIpc) is 2.37. The predicted octanol–water partition coefficient (Wildman–Crippen LogP) is 2.98. The molecule has 0 aromatic rings. The lowest BCUT2D eigenvalue weighted by atomic mass is 10.0. The van der Waals surface area contributed by atoms with E-state index in [1.54, 1.807) is 0 Å². The zero-order chi connectivity index (χ0) is 12.5. The van der Waals surface area contributed by atoms with Crippen LogP contribution >= 0.6 is 11.8 Å². The molecule has 1 rings (SSSR count). The first-order valence-corrected chi connectivity index (χ1v) is 8.59. The molecule has 0 aromatic heterocycles. The van der Waals surface area contributed by atoms with Gasteiger partial charge in [-0.2, -0.15) is 11.8 Å². The summed E-state index contributed by atoms with van der Waals surface area (Å²) in [5.74, 6) is 1.27. The number of hydrogen-bond acceptors (Lipinski definition) is 3. The van der Waals surface area contributed by atoms with Crippen LogP contribution in [0.5, 0.6) is 0 Å². The number of piperidine rings is 1. The van der Waals surface area contributed by atoms with Crippen LogP contribution in [0.2, 0.25) is 0 Å². The number of thioether (sulfide) groups is 1.